The molecule has 1 aliphatic heterocycles. The minimum atomic E-state index is -0.130. The fourth-order valence-corrected chi connectivity index (χ4v) is 4.13. The van der Waals surface area contributed by atoms with E-state index in [0.717, 1.165) is 36.5 Å². The van der Waals surface area contributed by atoms with Crippen molar-refractivity contribution >= 4 is 23.2 Å². The maximum absolute atomic E-state index is 12.6. The van der Waals surface area contributed by atoms with Crippen LogP contribution in [0.2, 0.25) is 0 Å². The molecule has 0 unspecified atom stereocenters. The first kappa shape index (κ1) is 17.7. The molecule has 0 radical (unpaired) electrons. The number of piperidine rings is 1. The van der Waals surface area contributed by atoms with E-state index in [4.69, 9.17) is 0 Å². The van der Waals surface area contributed by atoms with Gasteiger partial charge in [-0.15, -0.1) is 11.3 Å². The number of aromatic nitrogens is 2. The first-order chi connectivity index (χ1) is 12.0. The second-order valence-corrected chi connectivity index (χ2v) is 7.42. The highest BCUT2D eigenvalue weighted by molar-refractivity contribution is 7.09. The van der Waals surface area contributed by atoms with Crippen LogP contribution in [0.15, 0.2) is 23.7 Å². The Morgan fingerprint density at radius 1 is 1.36 bits per heavy atom. The molecule has 0 aliphatic carbocycles. The lowest BCUT2D eigenvalue weighted by Gasteiger charge is -2.35. The SMILES string of the molecule is CC(=O)N1CCCC[C@@H]1c1ccc(C(=O)N[C@H](C)c2nccs2)n1C. The van der Waals surface area contributed by atoms with Gasteiger partial charge in [0.2, 0.25) is 5.91 Å². The van der Waals surface area contributed by atoms with Gasteiger partial charge in [-0.1, -0.05) is 0 Å². The second kappa shape index (κ2) is 7.39. The fourth-order valence-electron chi connectivity index (χ4n) is 3.49. The van der Waals surface area contributed by atoms with E-state index in [1.165, 1.54) is 11.3 Å². The van der Waals surface area contributed by atoms with Gasteiger partial charge in [0.1, 0.15) is 10.7 Å². The van der Waals surface area contributed by atoms with Gasteiger partial charge in [0.05, 0.1) is 12.1 Å². The normalized spacial score (nSPS) is 18.8. The summed E-state index contributed by atoms with van der Waals surface area (Å²) in [5.74, 6) is -0.0315. The van der Waals surface area contributed by atoms with Crippen LogP contribution in [0.5, 0.6) is 0 Å². The molecule has 0 spiro atoms. The Hall–Kier alpha value is -2.15. The summed E-state index contributed by atoms with van der Waals surface area (Å²) in [6.45, 7) is 4.33. The molecule has 2 aromatic heterocycles. The van der Waals surface area contributed by atoms with Gasteiger partial charge in [-0.2, -0.15) is 0 Å². The van der Waals surface area contributed by atoms with E-state index in [9.17, 15) is 9.59 Å². The highest BCUT2D eigenvalue weighted by Gasteiger charge is 2.29. The van der Waals surface area contributed by atoms with Gasteiger partial charge < -0.3 is 14.8 Å². The summed E-state index contributed by atoms with van der Waals surface area (Å²) in [7, 11) is 1.89. The zero-order valence-corrected chi connectivity index (χ0v) is 15.7. The Balaban J connectivity index is 1.78. The lowest BCUT2D eigenvalue weighted by atomic mass is 9.99. The van der Waals surface area contributed by atoms with Crippen molar-refractivity contribution in [3.8, 4) is 0 Å². The predicted octanol–water partition coefficient (Wildman–Crippen LogP) is 3.05. The van der Waals surface area contributed by atoms with Crippen molar-refractivity contribution in [2.45, 2.75) is 45.2 Å². The van der Waals surface area contributed by atoms with Gasteiger partial charge >= 0.3 is 0 Å². The van der Waals surface area contributed by atoms with Crippen LogP contribution in [0.1, 0.15) is 66.4 Å². The number of amides is 2. The van der Waals surface area contributed by atoms with Crippen LogP contribution in [0.3, 0.4) is 0 Å². The molecule has 2 aromatic rings. The largest absolute Gasteiger partial charge is 0.342 e. The third-order valence-electron chi connectivity index (χ3n) is 4.81. The molecule has 6 nitrogen and oxygen atoms in total. The van der Waals surface area contributed by atoms with E-state index in [1.54, 1.807) is 13.1 Å². The molecule has 1 fully saturated rings. The Bertz CT molecular complexity index is 753. The van der Waals surface area contributed by atoms with Crippen LogP contribution in [-0.4, -0.2) is 32.8 Å². The quantitative estimate of drug-likeness (QED) is 0.911. The Morgan fingerprint density at radius 3 is 2.84 bits per heavy atom. The van der Waals surface area contributed by atoms with Crippen molar-refractivity contribution in [2.75, 3.05) is 6.54 Å². The van der Waals surface area contributed by atoms with Gasteiger partial charge in [0, 0.05) is 37.8 Å². The highest BCUT2D eigenvalue weighted by atomic mass is 32.1. The summed E-state index contributed by atoms with van der Waals surface area (Å²) in [6, 6.07) is 3.73. The molecule has 134 valence electrons. The smallest absolute Gasteiger partial charge is 0.268 e. The van der Waals surface area contributed by atoms with E-state index in [-0.39, 0.29) is 23.9 Å². The minimum Gasteiger partial charge on any atom is -0.342 e. The number of rotatable bonds is 4. The number of likely N-dealkylation sites (tertiary alicyclic amines) is 1. The van der Waals surface area contributed by atoms with Gasteiger partial charge in [-0.3, -0.25) is 9.59 Å². The van der Waals surface area contributed by atoms with E-state index >= 15 is 0 Å². The van der Waals surface area contributed by atoms with Crippen LogP contribution in [0.4, 0.5) is 0 Å². The predicted molar refractivity (Wildman–Crippen MR) is 97.4 cm³/mol. The monoisotopic (exact) mass is 360 g/mol. The van der Waals surface area contributed by atoms with Crippen molar-refractivity contribution < 1.29 is 9.59 Å². The van der Waals surface area contributed by atoms with Gasteiger partial charge in [-0.25, -0.2) is 4.98 Å². The number of carbonyl (C=O) groups excluding carboxylic acids is 2. The van der Waals surface area contributed by atoms with Crippen molar-refractivity contribution in [1.82, 2.24) is 19.8 Å². The van der Waals surface area contributed by atoms with Crippen LogP contribution < -0.4 is 5.32 Å². The number of nitrogens with zero attached hydrogens (tertiary/aromatic N) is 3. The minimum absolute atomic E-state index is 0.0502. The standard InChI is InChI=1S/C18H24N4O2S/c1-12(18-19-9-11-25-18)20-17(24)16-8-7-14(21(16)3)15-6-4-5-10-22(15)13(2)23/h7-9,11-12,15H,4-6,10H2,1-3H3,(H,20,24)/t12-,15-/m1/s1. The van der Waals surface area contributed by atoms with Crippen LogP contribution in [0.25, 0.3) is 0 Å². The molecule has 2 atom stereocenters. The molecular weight excluding hydrogens is 336 g/mol. The van der Waals surface area contributed by atoms with Gasteiger partial charge in [0.15, 0.2) is 0 Å². The molecule has 0 bridgehead atoms. The summed E-state index contributed by atoms with van der Waals surface area (Å²) in [5.41, 5.74) is 1.62. The Morgan fingerprint density at radius 2 is 2.16 bits per heavy atom. The fraction of sp³-hybridized carbons (Fsp3) is 0.500. The molecule has 7 heteroatoms. The number of hydrogen-bond acceptors (Lipinski definition) is 4. The third kappa shape index (κ3) is 3.61. The number of hydrogen-bond donors (Lipinski definition) is 1. The lowest BCUT2D eigenvalue weighted by Crippen LogP contribution is -2.38. The second-order valence-electron chi connectivity index (χ2n) is 6.49. The maximum Gasteiger partial charge on any atom is 0.268 e. The Kier molecular flexibility index (Phi) is 5.22. The number of carbonyl (C=O) groups is 2. The molecule has 3 rings (SSSR count). The van der Waals surface area contributed by atoms with Crippen LogP contribution in [0, 0.1) is 0 Å². The van der Waals surface area contributed by atoms with Crippen LogP contribution in [-0.2, 0) is 11.8 Å². The average Bonchev–Trinajstić information content (AvgIpc) is 3.24. The summed E-state index contributed by atoms with van der Waals surface area (Å²) in [4.78, 5) is 30.8. The Labute approximate surface area is 151 Å². The van der Waals surface area contributed by atoms with E-state index < -0.39 is 0 Å². The summed E-state index contributed by atoms with van der Waals surface area (Å²) < 4.78 is 1.91. The molecular formula is C18H24N4O2S. The molecule has 1 saturated heterocycles. The molecule has 3 heterocycles. The van der Waals surface area contributed by atoms with Crippen molar-refractivity contribution in [3.05, 3.63) is 40.1 Å². The van der Waals surface area contributed by atoms with Crippen molar-refractivity contribution in [1.29, 1.82) is 0 Å². The lowest BCUT2D eigenvalue weighted by molar-refractivity contribution is -0.132. The molecule has 0 saturated carbocycles. The third-order valence-corrected chi connectivity index (χ3v) is 5.77. The van der Waals surface area contributed by atoms with Crippen LogP contribution >= 0.6 is 11.3 Å². The maximum atomic E-state index is 12.6. The molecule has 1 N–H and O–H groups in total. The zero-order chi connectivity index (χ0) is 18.0. The van der Waals surface area contributed by atoms with Crippen molar-refractivity contribution in [2.24, 2.45) is 7.05 Å². The van der Waals surface area contributed by atoms with Gasteiger partial charge in [-0.05, 0) is 38.3 Å². The zero-order valence-electron chi connectivity index (χ0n) is 14.9. The average molecular weight is 360 g/mol. The number of thiazole rings is 1. The summed E-state index contributed by atoms with van der Waals surface area (Å²) >= 11 is 1.53. The van der Waals surface area contributed by atoms with E-state index in [0.29, 0.717) is 5.69 Å². The highest BCUT2D eigenvalue weighted by Crippen LogP contribution is 2.31. The first-order valence-corrected chi connectivity index (χ1v) is 9.50. The molecule has 2 amide bonds. The summed E-state index contributed by atoms with van der Waals surface area (Å²) in [5, 5.41) is 5.78. The molecule has 25 heavy (non-hydrogen) atoms. The topological polar surface area (TPSA) is 67.2 Å². The van der Waals surface area contributed by atoms with E-state index in [1.807, 2.05) is 41.0 Å². The first-order valence-electron chi connectivity index (χ1n) is 8.62. The van der Waals surface area contributed by atoms with Crippen molar-refractivity contribution in [3.63, 3.8) is 0 Å². The summed E-state index contributed by atoms with van der Waals surface area (Å²) in [6.07, 6.45) is 4.82. The number of nitrogens with one attached hydrogen (secondary N) is 1. The van der Waals surface area contributed by atoms with Gasteiger partial charge in [0.25, 0.3) is 5.91 Å². The van der Waals surface area contributed by atoms with E-state index in [2.05, 4.69) is 10.3 Å². The molecule has 1 aliphatic rings. The molecule has 0 aromatic carbocycles.